The minimum Gasteiger partial charge on any atom is -0.464 e. The molecule has 19 heavy (non-hydrogen) atoms. The Bertz CT molecular complexity index is 521. The van der Waals surface area contributed by atoms with Crippen molar-refractivity contribution in [3.63, 3.8) is 0 Å². The summed E-state index contributed by atoms with van der Waals surface area (Å²) in [5.74, 6) is 2.07. The van der Waals surface area contributed by atoms with E-state index in [2.05, 4.69) is 65.4 Å². The van der Waals surface area contributed by atoms with Crippen molar-refractivity contribution in [2.45, 2.75) is 32.7 Å². The van der Waals surface area contributed by atoms with E-state index < -0.39 is 0 Å². The first-order valence-corrected chi connectivity index (χ1v) is 7.58. The topological polar surface area (TPSA) is 25.2 Å². The Morgan fingerprint density at radius 3 is 2.68 bits per heavy atom. The number of rotatable bonds is 6. The molecule has 1 N–H and O–H groups in total. The monoisotopic (exact) mass is 321 g/mol. The van der Waals surface area contributed by atoms with Crippen LogP contribution in [0.4, 0.5) is 0 Å². The van der Waals surface area contributed by atoms with Crippen molar-refractivity contribution in [1.82, 2.24) is 5.32 Å². The average molecular weight is 322 g/mol. The van der Waals surface area contributed by atoms with Crippen LogP contribution in [-0.2, 0) is 12.8 Å². The molecular weight excluding hydrogens is 302 g/mol. The molecule has 0 fully saturated rings. The third kappa shape index (κ3) is 3.95. The predicted molar refractivity (Wildman–Crippen MR) is 82.3 cm³/mol. The lowest BCUT2D eigenvalue weighted by Gasteiger charge is -2.16. The first-order chi connectivity index (χ1) is 9.22. The van der Waals surface area contributed by atoms with Gasteiger partial charge >= 0.3 is 0 Å². The molecule has 2 rings (SSSR count). The Morgan fingerprint density at radius 2 is 2.05 bits per heavy atom. The van der Waals surface area contributed by atoms with Gasteiger partial charge in [-0.05, 0) is 42.8 Å². The Kier molecular flexibility index (Phi) is 5.23. The zero-order valence-corrected chi connectivity index (χ0v) is 13.0. The number of hydrogen-bond acceptors (Lipinski definition) is 2. The van der Waals surface area contributed by atoms with Crippen LogP contribution in [0.1, 0.15) is 37.0 Å². The van der Waals surface area contributed by atoms with Crippen LogP contribution in [0.15, 0.2) is 45.3 Å². The number of hydrogen-bond donors (Lipinski definition) is 1. The molecule has 3 heteroatoms. The normalized spacial score (nSPS) is 12.6. The number of benzene rings is 1. The van der Waals surface area contributed by atoms with E-state index in [1.807, 2.05) is 6.07 Å². The highest BCUT2D eigenvalue weighted by molar-refractivity contribution is 9.10. The minimum absolute atomic E-state index is 0.236. The molecule has 2 aromatic rings. The third-order valence-corrected chi connectivity index (χ3v) is 3.65. The summed E-state index contributed by atoms with van der Waals surface area (Å²) in [7, 11) is 0. The lowest BCUT2D eigenvalue weighted by molar-refractivity contribution is 0.396. The van der Waals surface area contributed by atoms with Gasteiger partial charge in [-0.1, -0.05) is 41.9 Å². The highest BCUT2D eigenvalue weighted by Gasteiger charge is 2.15. The van der Waals surface area contributed by atoms with Crippen LogP contribution in [0.3, 0.4) is 0 Å². The molecular formula is C16H20BrNO. The average Bonchev–Trinajstić information content (AvgIpc) is 2.87. The van der Waals surface area contributed by atoms with E-state index in [0.717, 1.165) is 35.4 Å². The Labute approximate surface area is 123 Å². The standard InChI is InChI=1S/C16H20BrNO/c1-3-14-8-9-16(19-14)15(18-4-2)11-12-6-5-7-13(17)10-12/h5-10,15,18H,3-4,11H2,1-2H3. The first-order valence-electron chi connectivity index (χ1n) is 6.79. The van der Waals surface area contributed by atoms with Crippen molar-refractivity contribution >= 4 is 15.9 Å². The minimum atomic E-state index is 0.236. The third-order valence-electron chi connectivity index (χ3n) is 3.15. The number of furan rings is 1. The van der Waals surface area contributed by atoms with Gasteiger partial charge < -0.3 is 9.73 Å². The van der Waals surface area contributed by atoms with E-state index in [1.54, 1.807) is 0 Å². The summed E-state index contributed by atoms with van der Waals surface area (Å²) < 4.78 is 7.00. The van der Waals surface area contributed by atoms with E-state index in [-0.39, 0.29) is 6.04 Å². The molecule has 1 heterocycles. The second-order valence-electron chi connectivity index (χ2n) is 4.60. The molecule has 1 aromatic heterocycles. The van der Waals surface area contributed by atoms with Gasteiger partial charge in [0, 0.05) is 10.9 Å². The molecule has 0 aliphatic rings. The summed E-state index contributed by atoms with van der Waals surface area (Å²) in [6.07, 6.45) is 1.87. The molecule has 0 saturated heterocycles. The van der Waals surface area contributed by atoms with Crippen molar-refractivity contribution < 1.29 is 4.42 Å². The predicted octanol–water partition coefficient (Wildman–Crippen LogP) is 4.50. The Morgan fingerprint density at radius 1 is 1.21 bits per heavy atom. The number of likely N-dealkylation sites (N-methyl/N-ethyl adjacent to an activating group) is 1. The summed E-state index contributed by atoms with van der Waals surface area (Å²) in [4.78, 5) is 0. The van der Waals surface area contributed by atoms with E-state index in [4.69, 9.17) is 4.42 Å². The molecule has 1 atom stereocenters. The molecule has 0 aliphatic carbocycles. The van der Waals surface area contributed by atoms with Crippen LogP contribution >= 0.6 is 15.9 Å². The SMILES string of the molecule is CCNC(Cc1cccc(Br)c1)c1ccc(CC)o1. The lowest BCUT2D eigenvalue weighted by Crippen LogP contribution is -2.22. The first kappa shape index (κ1) is 14.4. The van der Waals surface area contributed by atoms with Gasteiger partial charge in [-0.25, -0.2) is 0 Å². The smallest absolute Gasteiger partial charge is 0.121 e. The van der Waals surface area contributed by atoms with Gasteiger partial charge in [0.25, 0.3) is 0 Å². The second-order valence-corrected chi connectivity index (χ2v) is 5.52. The van der Waals surface area contributed by atoms with Gasteiger partial charge in [0.1, 0.15) is 11.5 Å². The molecule has 1 unspecified atom stereocenters. The molecule has 1 aromatic carbocycles. The fourth-order valence-electron chi connectivity index (χ4n) is 2.19. The Hall–Kier alpha value is -1.06. The van der Waals surface area contributed by atoms with Crippen LogP contribution in [-0.4, -0.2) is 6.54 Å². The van der Waals surface area contributed by atoms with E-state index in [0.29, 0.717) is 0 Å². The number of aryl methyl sites for hydroxylation is 1. The fraction of sp³-hybridized carbons (Fsp3) is 0.375. The van der Waals surface area contributed by atoms with Crippen LogP contribution in [0, 0.1) is 0 Å². The maximum absolute atomic E-state index is 5.88. The molecule has 0 bridgehead atoms. The zero-order chi connectivity index (χ0) is 13.7. The fourth-order valence-corrected chi connectivity index (χ4v) is 2.64. The van der Waals surface area contributed by atoms with Crippen molar-refractivity contribution in [2.24, 2.45) is 0 Å². The van der Waals surface area contributed by atoms with Gasteiger partial charge in [0.15, 0.2) is 0 Å². The highest BCUT2D eigenvalue weighted by atomic mass is 79.9. The highest BCUT2D eigenvalue weighted by Crippen LogP contribution is 2.22. The summed E-state index contributed by atoms with van der Waals surface area (Å²) in [6.45, 7) is 5.16. The molecule has 2 nitrogen and oxygen atoms in total. The van der Waals surface area contributed by atoms with Crippen LogP contribution in [0.25, 0.3) is 0 Å². The zero-order valence-electron chi connectivity index (χ0n) is 11.4. The van der Waals surface area contributed by atoms with Crippen molar-refractivity contribution in [1.29, 1.82) is 0 Å². The molecule has 0 radical (unpaired) electrons. The molecule has 0 spiro atoms. The van der Waals surface area contributed by atoms with E-state index in [9.17, 15) is 0 Å². The maximum Gasteiger partial charge on any atom is 0.121 e. The molecule has 0 amide bonds. The lowest BCUT2D eigenvalue weighted by atomic mass is 10.0. The van der Waals surface area contributed by atoms with Gasteiger partial charge in [0.2, 0.25) is 0 Å². The largest absolute Gasteiger partial charge is 0.464 e. The summed E-state index contributed by atoms with van der Waals surface area (Å²) >= 11 is 3.52. The second kappa shape index (κ2) is 6.92. The quantitative estimate of drug-likeness (QED) is 0.847. The number of nitrogens with one attached hydrogen (secondary N) is 1. The molecule has 0 aliphatic heterocycles. The molecule has 102 valence electrons. The van der Waals surface area contributed by atoms with E-state index in [1.165, 1.54) is 5.56 Å². The van der Waals surface area contributed by atoms with Crippen molar-refractivity contribution in [2.75, 3.05) is 6.54 Å². The van der Waals surface area contributed by atoms with Crippen molar-refractivity contribution in [3.05, 3.63) is 58.0 Å². The van der Waals surface area contributed by atoms with Gasteiger partial charge in [-0.2, -0.15) is 0 Å². The van der Waals surface area contributed by atoms with Crippen LogP contribution in [0.2, 0.25) is 0 Å². The van der Waals surface area contributed by atoms with Gasteiger partial charge in [0.05, 0.1) is 6.04 Å². The summed E-state index contributed by atoms with van der Waals surface area (Å²) in [5.41, 5.74) is 1.30. The van der Waals surface area contributed by atoms with Gasteiger partial charge in [-0.15, -0.1) is 0 Å². The van der Waals surface area contributed by atoms with Gasteiger partial charge in [-0.3, -0.25) is 0 Å². The maximum atomic E-state index is 5.88. The number of halogens is 1. The summed E-state index contributed by atoms with van der Waals surface area (Å²) in [5, 5.41) is 3.50. The van der Waals surface area contributed by atoms with Crippen LogP contribution in [0.5, 0.6) is 0 Å². The Balaban J connectivity index is 2.15. The van der Waals surface area contributed by atoms with Crippen molar-refractivity contribution in [3.8, 4) is 0 Å². The van der Waals surface area contributed by atoms with E-state index >= 15 is 0 Å². The van der Waals surface area contributed by atoms with Crippen LogP contribution < -0.4 is 5.32 Å². The molecule has 0 saturated carbocycles. The summed E-state index contributed by atoms with van der Waals surface area (Å²) in [6, 6.07) is 12.8.